The summed E-state index contributed by atoms with van der Waals surface area (Å²) in [7, 11) is 0. The first-order valence-corrected chi connectivity index (χ1v) is 8.04. The molecule has 1 aromatic heterocycles. The Morgan fingerprint density at radius 1 is 1.16 bits per heavy atom. The maximum Gasteiger partial charge on any atom is 0.0965 e. The van der Waals surface area contributed by atoms with Crippen molar-refractivity contribution in [1.82, 2.24) is 4.98 Å². The van der Waals surface area contributed by atoms with E-state index in [2.05, 4.69) is 67.0 Å². The Morgan fingerprint density at radius 3 is 2.53 bits per heavy atom. The van der Waals surface area contributed by atoms with Gasteiger partial charge in [0.1, 0.15) is 0 Å². The monoisotopic (exact) mass is 289 g/mol. The minimum absolute atomic E-state index is 0.470. The summed E-state index contributed by atoms with van der Waals surface area (Å²) in [6, 6.07) is 14.8. The molecule has 1 nitrogen and oxygen atoms in total. The molecule has 1 atom stereocenters. The van der Waals surface area contributed by atoms with E-state index in [4.69, 9.17) is 0 Å². The van der Waals surface area contributed by atoms with E-state index in [1.807, 2.05) is 18.7 Å². The molecule has 0 saturated heterocycles. The third-order valence-electron chi connectivity index (χ3n) is 3.00. The molecule has 0 aliphatic heterocycles. The Hall–Kier alpha value is -0.930. The van der Waals surface area contributed by atoms with Crippen LogP contribution in [0, 0.1) is 13.8 Å². The summed E-state index contributed by atoms with van der Waals surface area (Å²) >= 11 is 6.30. The molecule has 0 saturated carbocycles. The fourth-order valence-corrected chi connectivity index (χ4v) is 3.72. The number of aromatic nitrogens is 1. The zero-order valence-corrected chi connectivity index (χ0v) is 13.0. The van der Waals surface area contributed by atoms with E-state index >= 15 is 0 Å². The van der Waals surface area contributed by atoms with Crippen LogP contribution in [0.15, 0.2) is 47.5 Å². The summed E-state index contributed by atoms with van der Waals surface area (Å²) < 4.78 is 0. The fraction of sp³-hybridized carbons (Fsp3) is 0.312. The second-order valence-electron chi connectivity index (χ2n) is 4.73. The number of thioether (sulfide) groups is 1. The van der Waals surface area contributed by atoms with Crippen LogP contribution in [0.25, 0.3) is 0 Å². The number of rotatable bonds is 5. The lowest BCUT2D eigenvalue weighted by Crippen LogP contribution is -2.04. The molecule has 0 aliphatic carbocycles. The third-order valence-corrected chi connectivity index (χ3v) is 4.51. The van der Waals surface area contributed by atoms with Gasteiger partial charge in [-0.25, -0.2) is 4.98 Å². The largest absolute Gasteiger partial charge is 0.247 e. The van der Waals surface area contributed by atoms with Crippen molar-refractivity contribution in [3.63, 3.8) is 0 Å². The first-order chi connectivity index (χ1) is 9.19. The first-order valence-electron chi connectivity index (χ1n) is 6.43. The molecule has 2 rings (SSSR count). The van der Waals surface area contributed by atoms with Crippen LogP contribution in [0.5, 0.6) is 0 Å². The van der Waals surface area contributed by atoms with Crippen LogP contribution in [0.2, 0.25) is 0 Å². The number of hydrogen-bond donors (Lipinski definition) is 1. The van der Waals surface area contributed by atoms with E-state index in [0.717, 1.165) is 22.2 Å². The van der Waals surface area contributed by atoms with E-state index < -0.39 is 0 Å². The highest BCUT2D eigenvalue weighted by atomic mass is 32.2. The molecular formula is C16H19NS2. The molecule has 0 radical (unpaired) electrons. The molecule has 0 aliphatic rings. The smallest absolute Gasteiger partial charge is 0.0965 e. The second kappa shape index (κ2) is 7.01. The van der Waals surface area contributed by atoms with Gasteiger partial charge in [0.25, 0.3) is 0 Å². The molecular weight excluding hydrogens is 270 g/mol. The standard InChI is InChI=1S/C16H19NS2/c1-12-8-13(2)17-16(9-12)19-11-15(10-18)14-6-4-3-5-7-14/h3-9,15,18H,10-11H2,1-2H3. The Bertz CT molecular complexity index is 505. The van der Waals surface area contributed by atoms with Gasteiger partial charge in [0.2, 0.25) is 0 Å². The van der Waals surface area contributed by atoms with E-state index in [9.17, 15) is 0 Å². The van der Waals surface area contributed by atoms with Crippen molar-refractivity contribution in [2.45, 2.75) is 24.8 Å². The lowest BCUT2D eigenvalue weighted by molar-refractivity contribution is 0.894. The van der Waals surface area contributed by atoms with Crippen LogP contribution in [0.3, 0.4) is 0 Å². The summed E-state index contributed by atoms with van der Waals surface area (Å²) in [5.41, 5.74) is 3.72. The zero-order chi connectivity index (χ0) is 13.7. The number of hydrogen-bond acceptors (Lipinski definition) is 3. The first kappa shape index (κ1) is 14.5. The predicted octanol–water partition coefficient (Wildman–Crippen LogP) is 4.50. The molecule has 0 amide bonds. The molecule has 0 fully saturated rings. The van der Waals surface area contributed by atoms with Gasteiger partial charge >= 0.3 is 0 Å². The summed E-state index contributed by atoms with van der Waals surface area (Å²) in [4.78, 5) is 4.57. The Labute approximate surface area is 125 Å². The summed E-state index contributed by atoms with van der Waals surface area (Å²) in [5, 5.41) is 1.11. The molecule has 1 heterocycles. The van der Waals surface area contributed by atoms with Gasteiger partial charge in [-0.05, 0) is 42.9 Å². The highest BCUT2D eigenvalue weighted by Gasteiger charge is 2.10. The van der Waals surface area contributed by atoms with E-state index in [-0.39, 0.29) is 0 Å². The molecule has 2 aromatic rings. The van der Waals surface area contributed by atoms with Crippen molar-refractivity contribution >= 4 is 24.4 Å². The van der Waals surface area contributed by atoms with Crippen molar-refractivity contribution in [2.75, 3.05) is 11.5 Å². The number of nitrogens with zero attached hydrogens (tertiary/aromatic N) is 1. The molecule has 1 unspecified atom stereocenters. The number of benzene rings is 1. The molecule has 0 N–H and O–H groups in total. The van der Waals surface area contributed by atoms with Crippen molar-refractivity contribution in [1.29, 1.82) is 0 Å². The maximum atomic E-state index is 4.57. The predicted molar refractivity (Wildman–Crippen MR) is 87.5 cm³/mol. The van der Waals surface area contributed by atoms with Gasteiger partial charge in [0, 0.05) is 17.4 Å². The molecule has 19 heavy (non-hydrogen) atoms. The number of pyridine rings is 1. The van der Waals surface area contributed by atoms with E-state index in [0.29, 0.717) is 5.92 Å². The normalized spacial score (nSPS) is 12.4. The average Bonchev–Trinajstić information content (AvgIpc) is 2.39. The Morgan fingerprint density at radius 2 is 1.89 bits per heavy atom. The molecule has 0 bridgehead atoms. The quantitative estimate of drug-likeness (QED) is 0.642. The van der Waals surface area contributed by atoms with Gasteiger partial charge in [-0.2, -0.15) is 12.6 Å². The summed E-state index contributed by atoms with van der Waals surface area (Å²) in [6.07, 6.45) is 0. The minimum atomic E-state index is 0.470. The van der Waals surface area contributed by atoms with E-state index in [1.54, 1.807) is 0 Å². The highest BCUT2D eigenvalue weighted by Crippen LogP contribution is 2.26. The number of thiol groups is 1. The third kappa shape index (κ3) is 4.29. The zero-order valence-electron chi connectivity index (χ0n) is 11.3. The summed E-state index contributed by atoms with van der Waals surface area (Å²) in [6.45, 7) is 4.16. The average molecular weight is 289 g/mol. The van der Waals surface area contributed by atoms with Crippen LogP contribution >= 0.6 is 24.4 Å². The van der Waals surface area contributed by atoms with Gasteiger partial charge in [0.05, 0.1) is 5.03 Å². The van der Waals surface area contributed by atoms with Crippen LogP contribution in [0.4, 0.5) is 0 Å². The van der Waals surface area contributed by atoms with Gasteiger partial charge in [-0.3, -0.25) is 0 Å². The van der Waals surface area contributed by atoms with Gasteiger partial charge in [-0.1, -0.05) is 30.3 Å². The van der Waals surface area contributed by atoms with Crippen LogP contribution in [-0.4, -0.2) is 16.5 Å². The molecule has 0 spiro atoms. The topological polar surface area (TPSA) is 12.9 Å². The van der Waals surface area contributed by atoms with Gasteiger partial charge in [0.15, 0.2) is 0 Å². The van der Waals surface area contributed by atoms with E-state index in [1.165, 1.54) is 11.1 Å². The lowest BCUT2D eigenvalue weighted by atomic mass is 10.0. The van der Waals surface area contributed by atoms with Crippen molar-refractivity contribution in [3.8, 4) is 0 Å². The highest BCUT2D eigenvalue weighted by molar-refractivity contribution is 7.99. The molecule has 1 aromatic carbocycles. The van der Waals surface area contributed by atoms with Crippen molar-refractivity contribution in [3.05, 3.63) is 59.3 Å². The van der Waals surface area contributed by atoms with Crippen LogP contribution < -0.4 is 0 Å². The Balaban J connectivity index is 2.04. The summed E-state index contributed by atoms with van der Waals surface area (Å²) in [5.74, 6) is 2.35. The molecule has 3 heteroatoms. The number of aryl methyl sites for hydroxylation is 2. The SMILES string of the molecule is Cc1cc(C)nc(SCC(CS)c2ccccc2)c1. The van der Waals surface area contributed by atoms with Crippen LogP contribution in [-0.2, 0) is 0 Å². The molecule has 100 valence electrons. The lowest BCUT2D eigenvalue weighted by Gasteiger charge is -2.14. The minimum Gasteiger partial charge on any atom is -0.247 e. The maximum absolute atomic E-state index is 4.57. The Kier molecular flexibility index (Phi) is 5.34. The van der Waals surface area contributed by atoms with Gasteiger partial charge < -0.3 is 0 Å². The van der Waals surface area contributed by atoms with Crippen molar-refractivity contribution in [2.24, 2.45) is 0 Å². The second-order valence-corrected chi connectivity index (χ2v) is 6.13. The van der Waals surface area contributed by atoms with Crippen molar-refractivity contribution < 1.29 is 0 Å². The van der Waals surface area contributed by atoms with Gasteiger partial charge in [-0.15, -0.1) is 11.8 Å². The fourth-order valence-electron chi connectivity index (χ4n) is 2.04. The van der Waals surface area contributed by atoms with Crippen LogP contribution in [0.1, 0.15) is 22.7 Å².